The number of carbonyl (C=O) groups is 2. The van der Waals surface area contributed by atoms with E-state index in [-0.39, 0.29) is 5.57 Å². The number of rotatable bonds is 17. The summed E-state index contributed by atoms with van der Waals surface area (Å²) in [6, 6.07) is 13.8. The van der Waals surface area contributed by atoms with E-state index in [0.717, 1.165) is 29.2 Å². The Morgan fingerprint density at radius 3 is 1.83 bits per heavy atom. The Morgan fingerprint density at radius 1 is 0.750 bits per heavy atom. The molecule has 2 aromatic rings. The summed E-state index contributed by atoms with van der Waals surface area (Å²) in [5.74, 6) is -1.73. The highest BCUT2D eigenvalue weighted by atomic mass is 16.4. The molecule has 0 aromatic heterocycles. The van der Waals surface area contributed by atoms with Crippen LogP contribution in [-0.2, 0) is 16.0 Å². The minimum Gasteiger partial charge on any atom is -0.478 e. The summed E-state index contributed by atoms with van der Waals surface area (Å²) in [7, 11) is 0. The van der Waals surface area contributed by atoms with E-state index in [1.807, 2.05) is 48.5 Å². The molecule has 0 saturated heterocycles. The van der Waals surface area contributed by atoms with Crippen LogP contribution in [0.5, 0.6) is 0 Å². The van der Waals surface area contributed by atoms with Gasteiger partial charge in [-0.3, -0.25) is 0 Å². The lowest BCUT2D eigenvalue weighted by Gasteiger charge is -2.06. The quantitative estimate of drug-likeness (QED) is 0.170. The van der Waals surface area contributed by atoms with Crippen molar-refractivity contribution in [1.29, 1.82) is 0 Å². The van der Waals surface area contributed by atoms with Gasteiger partial charge in [-0.1, -0.05) is 133 Å². The minimum atomic E-state index is -0.937. The molecule has 198 valence electrons. The average molecular weight is 495 g/mol. The van der Waals surface area contributed by atoms with Crippen molar-refractivity contribution in [3.8, 4) is 0 Å². The second kappa shape index (κ2) is 19.3. The number of allylic oxidation sites excluding steroid dienone is 1. The molecule has 0 aliphatic rings. The Labute approximate surface area is 218 Å². The number of unbranched alkanes of at least 4 members (excludes halogenated alkanes) is 12. The fourth-order valence-electron chi connectivity index (χ4n) is 4.14. The van der Waals surface area contributed by atoms with Crippen molar-refractivity contribution in [2.75, 3.05) is 0 Å². The molecule has 0 spiro atoms. The summed E-state index contributed by atoms with van der Waals surface area (Å²) in [4.78, 5) is 21.3. The highest BCUT2D eigenvalue weighted by Gasteiger charge is 2.07. The van der Waals surface area contributed by atoms with Gasteiger partial charge in [-0.15, -0.1) is 0 Å². The summed E-state index contributed by atoms with van der Waals surface area (Å²) in [6.45, 7) is 7.49. The topological polar surface area (TPSA) is 74.6 Å². The molecule has 0 radical (unpaired) electrons. The molecule has 0 aliphatic heterocycles. The molecule has 0 bridgehead atoms. The smallest absolute Gasteiger partial charge is 0.331 e. The molecule has 0 saturated carbocycles. The van der Waals surface area contributed by atoms with Gasteiger partial charge in [0.05, 0.1) is 0 Å². The molecule has 0 atom stereocenters. The summed E-state index contributed by atoms with van der Waals surface area (Å²) in [5.41, 5.74) is 1.70. The summed E-state index contributed by atoms with van der Waals surface area (Å²) >= 11 is 0. The molecule has 2 rings (SSSR count). The van der Waals surface area contributed by atoms with E-state index in [9.17, 15) is 9.59 Å². The number of benzene rings is 2. The highest BCUT2D eigenvalue weighted by Crippen LogP contribution is 2.20. The van der Waals surface area contributed by atoms with E-state index >= 15 is 0 Å². The highest BCUT2D eigenvalue weighted by molar-refractivity contribution is 5.90. The number of aliphatic carboxylic acids is 2. The predicted molar refractivity (Wildman–Crippen MR) is 152 cm³/mol. The molecule has 0 amide bonds. The van der Waals surface area contributed by atoms with Crippen LogP contribution in [0.3, 0.4) is 0 Å². The normalized spacial score (nSPS) is 11.1. The van der Waals surface area contributed by atoms with E-state index in [2.05, 4.69) is 13.5 Å². The van der Waals surface area contributed by atoms with Crippen molar-refractivity contribution in [1.82, 2.24) is 0 Å². The summed E-state index contributed by atoms with van der Waals surface area (Å²) < 4.78 is 0. The molecule has 0 unspecified atom stereocenters. The van der Waals surface area contributed by atoms with Crippen LogP contribution in [0.25, 0.3) is 10.8 Å². The van der Waals surface area contributed by atoms with Crippen LogP contribution in [0.4, 0.5) is 0 Å². The van der Waals surface area contributed by atoms with Gasteiger partial charge in [0.1, 0.15) is 0 Å². The Kier molecular flexibility index (Phi) is 16.7. The molecule has 4 heteroatoms. The maximum absolute atomic E-state index is 10.7. The molecule has 0 heterocycles. The first-order chi connectivity index (χ1) is 17.4. The second-order valence-electron chi connectivity index (χ2n) is 9.59. The molecule has 4 nitrogen and oxygen atoms in total. The number of carboxylic acids is 2. The Balaban J connectivity index is 0.000000367. The Morgan fingerprint density at radius 2 is 1.28 bits per heavy atom. The van der Waals surface area contributed by atoms with Gasteiger partial charge in [-0.2, -0.15) is 0 Å². The van der Waals surface area contributed by atoms with Crippen LogP contribution in [0.15, 0.2) is 66.3 Å². The molecule has 36 heavy (non-hydrogen) atoms. The third kappa shape index (κ3) is 13.9. The molecule has 2 N–H and O–H groups in total. The zero-order valence-corrected chi connectivity index (χ0v) is 22.4. The Hall–Kier alpha value is -2.88. The number of hydrogen-bond acceptors (Lipinski definition) is 2. The maximum atomic E-state index is 10.7. The largest absolute Gasteiger partial charge is 0.478 e. The van der Waals surface area contributed by atoms with Crippen molar-refractivity contribution in [3.63, 3.8) is 0 Å². The van der Waals surface area contributed by atoms with Gasteiger partial charge >= 0.3 is 11.9 Å². The van der Waals surface area contributed by atoms with E-state index in [0.29, 0.717) is 12.0 Å². The molecular formula is C32H46O4. The van der Waals surface area contributed by atoms with Crippen LogP contribution in [0.2, 0.25) is 0 Å². The minimum absolute atomic E-state index is 0.219. The monoisotopic (exact) mass is 494 g/mol. The SMILES string of the molecule is C=C(Cc1cccc2ccccc12)C(=O)O.CCCCCCCCCCCCCCC=C(C)C(=O)O. The average Bonchev–Trinajstić information content (AvgIpc) is 2.87. The van der Waals surface area contributed by atoms with E-state index < -0.39 is 11.9 Å². The molecular weight excluding hydrogens is 448 g/mol. The first-order valence-electron chi connectivity index (χ1n) is 13.6. The number of hydrogen-bond donors (Lipinski definition) is 2. The van der Waals surface area contributed by atoms with Crippen LogP contribution in [0, 0.1) is 0 Å². The summed E-state index contributed by atoms with van der Waals surface area (Å²) in [5, 5.41) is 19.7. The standard InChI is InChI=1S/C18H34O2.C14H12O2/c1-3-4-5-6-7-8-9-10-11-12-13-14-15-16-17(2)18(19)20;1-10(14(15)16)9-12-7-4-6-11-5-2-3-8-13(11)12/h16H,3-15H2,1-2H3,(H,19,20);2-8H,1,9H2,(H,15,16). The van der Waals surface area contributed by atoms with Crippen molar-refractivity contribution in [2.24, 2.45) is 0 Å². The van der Waals surface area contributed by atoms with Gasteiger partial charge in [-0.25, -0.2) is 9.59 Å². The first-order valence-corrected chi connectivity index (χ1v) is 13.6. The fourth-order valence-corrected chi connectivity index (χ4v) is 4.14. The van der Waals surface area contributed by atoms with Crippen LogP contribution in [0.1, 0.15) is 103 Å². The van der Waals surface area contributed by atoms with E-state index in [4.69, 9.17) is 10.2 Å². The van der Waals surface area contributed by atoms with Crippen molar-refractivity contribution >= 4 is 22.7 Å². The van der Waals surface area contributed by atoms with Gasteiger partial charge in [-0.05, 0) is 36.1 Å². The van der Waals surface area contributed by atoms with Gasteiger partial charge in [0, 0.05) is 17.6 Å². The zero-order chi connectivity index (χ0) is 26.6. The van der Waals surface area contributed by atoms with Crippen molar-refractivity contribution in [3.05, 3.63) is 71.8 Å². The van der Waals surface area contributed by atoms with Crippen LogP contribution < -0.4 is 0 Å². The first kappa shape index (κ1) is 31.2. The lowest BCUT2D eigenvalue weighted by molar-refractivity contribution is -0.133. The molecule has 2 aromatic carbocycles. The van der Waals surface area contributed by atoms with Gasteiger partial charge in [0.15, 0.2) is 0 Å². The lowest BCUT2D eigenvalue weighted by Crippen LogP contribution is -2.02. The van der Waals surface area contributed by atoms with E-state index in [1.54, 1.807) is 6.92 Å². The number of fused-ring (bicyclic) bond motifs is 1. The van der Waals surface area contributed by atoms with E-state index in [1.165, 1.54) is 70.6 Å². The zero-order valence-electron chi connectivity index (χ0n) is 22.4. The fraction of sp³-hybridized carbons (Fsp3) is 0.500. The third-order valence-corrected chi connectivity index (χ3v) is 6.43. The third-order valence-electron chi connectivity index (χ3n) is 6.43. The predicted octanol–water partition coefficient (Wildman–Crippen LogP) is 9.13. The molecule has 0 fully saturated rings. The second-order valence-corrected chi connectivity index (χ2v) is 9.59. The van der Waals surface area contributed by atoms with Crippen LogP contribution in [-0.4, -0.2) is 22.2 Å². The van der Waals surface area contributed by atoms with Crippen LogP contribution >= 0.6 is 0 Å². The lowest BCUT2D eigenvalue weighted by atomic mass is 9.99. The van der Waals surface area contributed by atoms with Crippen molar-refractivity contribution in [2.45, 2.75) is 104 Å². The summed E-state index contributed by atoms with van der Waals surface area (Å²) in [6.07, 6.45) is 19.3. The molecule has 0 aliphatic carbocycles. The maximum Gasteiger partial charge on any atom is 0.331 e. The Bertz CT molecular complexity index is 952. The number of carboxylic acid groups (broad SMARTS) is 2. The van der Waals surface area contributed by atoms with Gasteiger partial charge in [0.2, 0.25) is 0 Å². The van der Waals surface area contributed by atoms with Gasteiger partial charge in [0.25, 0.3) is 0 Å². The van der Waals surface area contributed by atoms with Crippen molar-refractivity contribution < 1.29 is 19.8 Å². The van der Waals surface area contributed by atoms with Gasteiger partial charge < -0.3 is 10.2 Å².